The lowest BCUT2D eigenvalue weighted by molar-refractivity contribution is -0.385. The fourth-order valence-corrected chi connectivity index (χ4v) is 2.59. The molecular weight excluding hydrogens is 260 g/mol. The zero-order valence-corrected chi connectivity index (χ0v) is 10.2. The number of nitro benzene ring substituents is 1. The van der Waals surface area contributed by atoms with Crippen LogP contribution in [0.15, 0.2) is 10.5 Å². The number of hydrogen-bond acceptors (Lipinski definition) is 3. The normalized spacial score (nSPS) is 15.4. The minimum atomic E-state index is -0.321. The highest BCUT2D eigenvalue weighted by atomic mass is 79.9. The first kappa shape index (κ1) is 10.6. The smallest absolute Gasteiger partial charge is 0.273 e. The molecule has 1 aromatic carbocycles. The summed E-state index contributed by atoms with van der Waals surface area (Å²) in [7, 11) is 2.01. The first-order valence-electron chi connectivity index (χ1n) is 4.64. The molecule has 1 heterocycles. The van der Waals surface area contributed by atoms with Gasteiger partial charge in [-0.1, -0.05) is 15.9 Å². The van der Waals surface area contributed by atoms with E-state index in [1.807, 2.05) is 14.0 Å². The number of halogens is 1. The number of hydrogen-bond donors (Lipinski definition) is 0. The molecule has 0 bridgehead atoms. The molecule has 2 rings (SSSR count). The van der Waals surface area contributed by atoms with Gasteiger partial charge in [-0.15, -0.1) is 0 Å². The lowest BCUT2D eigenvalue weighted by Gasteiger charge is -2.05. The minimum absolute atomic E-state index is 0.205. The third-order valence-corrected chi connectivity index (χ3v) is 3.51. The Morgan fingerprint density at radius 1 is 1.47 bits per heavy atom. The van der Waals surface area contributed by atoms with E-state index in [2.05, 4.69) is 20.8 Å². The molecule has 0 aromatic heterocycles. The van der Waals surface area contributed by atoms with E-state index in [9.17, 15) is 10.1 Å². The van der Waals surface area contributed by atoms with Gasteiger partial charge >= 0.3 is 0 Å². The van der Waals surface area contributed by atoms with E-state index < -0.39 is 0 Å². The molecule has 0 spiro atoms. The van der Waals surface area contributed by atoms with Crippen LogP contribution in [0.25, 0.3) is 0 Å². The predicted molar refractivity (Wildman–Crippen MR) is 60.7 cm³/mol. The van der Waals surface area contributed by atoms with E-state index in [0.29, 0.717) is 0 Å². The molecule has 0 saturated heterocycles. The van der Waals surface area contributed by atoms with Crippen LogP contribution >= 0.6 is 15.9 Å². The van der Waals surface area contributed by atoms with Crippen LogP contribution in [0.2, 0.25) is 0 Å². The van der Waals surface area contributed by atoms with Crippen molar-refractivity contribution in [1.82, 2.24) is 4.90 Å². The van der Waals surface area contributed by atoms with Gasteiger partial charge in [0.15, 0.2) is 0 Å². The summed E-state index contributed by atoms with van der Waals surface area (Å²) in [5, 5.41) is 10.8. The van der Waals surface area contributed by atoms with Crippen molar-refractivity contribution in [2.24, 2.45) is 0 Å². The largest absolute Gasteiger partial charge is 0.298 e. The fourth-order valence-electron chi connectivity index (χ4n) is 2.01. The Balaban J connectivity index is 2.63. The van der Waals surface area contributed by atoms with E-state index in [-0.39, 0.29) is 10.6 Å². The zero-order valence-electron chi connectivity index (χ0n) is 8.58. The zero-order chi connectivity index (χ0) is 11.2. The SMILES string of the molecule is Cc1c([N+](=O)[O-])cc(Br)c2c1CN(C)C2. The lowest BCUT2D eigenvalue weighted by Crippen LogP contribution is -2.07. The molecule has 5 heteroatoms. The van der Waals surface area contributed by atoms with Gasteiger partial charge in [-0.05, 0) is 25.1 Å². The van der Waals surface area contributed by atoms with Gasteiger partial charge in [0, 0.05) is 29.2 Å². The van der Waals surface area contributed by atoms with Crippen molar-refractivity contribution in [3.05, 3.63) is 37.3 Å². The average molecular weight is 271 g/mol. The second-order valence-electron chi connectivity index (χ2n) is 3.89. The van der Waals surface area contributed by atoms with Gasteiger partial charge in [0.1, 0.15) is 0 Å². The van der Waals surface area contributed by atoms with Crippen LogP contribution < -0.4 is 0 Å². The predicted octanol–water partition coefficient (Wildman–Crippen LogP) is 2.61. The maximum absolute atomic E-state index is 10.8. The topological polar surface area (TPSA) is 46.4 Å². The Hall–Kier alpha value is -0.940. The molecule has 4 nitrogen and oxygen atoms in total. The molecule has 15 heavy (non-hydrogen) atoms. The van der Waals surface area contributed by atoms with Gasteiger partial charge in [-0.2, -0.15) is 0 Å². The summed E-state index contributed by atoms with van der Waals surface area (Å²) >= 11 is 3.40. The van der Waals surface area contributed by atoms with Crippen molar-refractivity contribution >= 4 is 21.6 Å². The van der Waals surface area contributed by atoms with Crippen molar-refractivity contribution in [2.45, 2.75) is 20.0 Å². The van der Waals surface area contributed by atoms with Crippen molar-refractivity contribution in [3.8, 4) is 0 Å². The number of nitrogens with zero attached hydrogens (tertiary/aromatic N) is 2. The highest BCUT2D eigenvalue weighted by molar-refractivity contribution is 9.10. The highest BCUT2D eigenvalue weighted by Crippen LogP contribution is 2.36. The number of fused-ring (bicyclic) bond motifs is 1. The average Bonchev–Trinajstić information content (AvgIpc) is 2.53. The molecule has 80 valence electrons. The monoisotopic (exact) mass is 270 g/mol. The van der Waals surface area contributed by atoms with Crippen LogP contribution in [0.5, 0.6) is 0 Å². The van der Waals surface area contributed by atoms with Crippen molar-refractivity contribution < 1.29 is 4.92 Å². The lowest BCUT2D eigenvalue weighted by atomic mass is 10.0. The van der Waals surface area contributed by atoms with Gasteiger partial charge in [-0.25, -0.2) is 0 Å². The molecular formula is C10H11BrN2O2. The molecule has 0 radical (unpaired) electrons. The van der Waals surface area contributed by atoms with Crippen LogP contribution in [0.4, 0.5) is 5.69 Å². The third kappa shape index (κ3) is 1.66. The number of rotatable bonds is 1. The molecule has 0 saturated carbocycles. The van der Waals surface area contributed by atoms with Gasteiger partial charge < -0.3 is 0 Å². The number of benzene rings is 1. The quantitative estimate of drug-likeness (QED) is 0.582. The highest BCUT2D eigenvalue weighted by Gasteiger charge is 2.25. The van der Waals surface area contributed by atoms with Gasteiger partial charge in [-0.3, -0.25) is 15.0 Å². The van der Waals surface area contributed by atoms with E-state index in [4.69, 9.17) is 0 Å². The van der Waals surface area contributed by atoms with E-state index in [0.717, 1.165) is 28.7 Å². The standard InChI is InChI=1S/C10H11BrN2O2/c1-6-7-4-12(2)5-8(7)9(11)3-10(6)13(14)15/h3H,4-5H2,1-2H3. The Bertz CT molecular complexity index is 446. The first-order valence-corrected chi connectivity index (χ1v) is 5.43. The summed E-state index contributed by atoms with van der Waals surface area (Å²) in [5.74, 6) is 0. The molecule has 1 aromatic rings. The van der Waals surface area contributed by atoms with Crippen LogP contribution in [0, 0.1) is 17.0 Å². The Kier molecular flexibility index (Phi) is 2.52. The summed E-state index contributed by atoms with van der Waals surface area (Å²) in [4.78, 5) is 12.7. The molecule has 1 aliphatic rings. The summed E-state index contributed by atoms with van der Waals surface area (Å²) in [5.41, 5.74) is 3.28. The fraction of sp³-hybridized carbons (Fsp3) is 0.400. The van der Waals surface area contributed by atoms with Crippen LogP contribution in [0.3, 0.4) is 0 Å². The molecule has 0 amide bonds. The van der Waals surface area contributed by atoms with E-state index in [1.54, 1.807) is 6.07 Å². The third-order valence-electron chi connectivity index (χ3n) is 2.81. The van der Waals surface area contributed by atoms with Crippen LogP contribution in [-0.4, -0.2) is 16.9 Å². The summed E-state index contributed by atoms with van der Waals surface area (Å²) in [6, 6.07) is 1.60. The van der Waals surface area contributed by atoms with Crippen LogP contribution in [-0.2, 0) is 13.1 Å². The molecule has 0 N–H and O–H groups in total. The Labute approximate surface area is 96.2 Å². The molecule has 0 atom stereocenters. The van der Waals surface area contributed by atoms with Gasteiger partial charge in [0.2, 0.25) is 0 Å². The second kappa shape index (κ2) is 3.57. The molecule has 0 fully saturated rings. The Morgan fingerprint density at radius 2 is 2.07 bits per heavy atom. The summed E-state index contributed by atoms with van der Waals surface area (Å²) < 4.78 is 0.846. The van der Waals surface area contributed by atoms with Gasteiger partial charge in [0.25, 0.3) is 5.69 Å². The summed E-state index contributed by atoms with van der Waals surface area (Å²) in [6.45, 7) is 3.47. The maximum Gasteiger partial charge on any atom is 0.273 e. The Morgan fingerprint density at radius 3 is 2.67 bits per heavy atom. The molecule has 0 unspecified atom stereocenters. The van der Waals surface area contributed by atoms with E-state index in [1.165, 1.54) is 5.56 Å². The van der Waals surface area contributed by atoms with Crippen molar-refractivity contribution in [3.63, 3.8) is 0 Å². The van der Waals surface area contributed by atoms with Crippen LogP contribution in [0.1, 0.15) is 16.7 Å². The minimum Gasteiger partial charge on any atom is -0.298 e. The van der Waals surface area contributed by atoms with E-state index >= 15 is 0 Å². The molecule has 1 aliphatic heterocycles. The van der Waals surface area contributed by atoms with Crippen molar-refractivity contribution in [2.75, 3.05) is 7.05 Å². The number of nitro groups is 1. The van der Waals surface area contributed by atoms with Crippen molar-refractivity contribution in [1.29, 1.82) is 0 Å². The summed E-state index contributed by atoms with van der Waals surface area (Å²) in [6.07, 6.45) is 0. The maximum atomic E-state index is 10.8. The molecule has 0 aliphatic carbocycles. The van der Waals surface area contributed by atoms with Gasteiger partial charge in [0.05, 0.1) is 4.92 Å². The second-order valence-corrected chi connectivity index (χ2v) is 4.74. The first-order chi connectivity index (χ1) is 7.00.